The summed E-state index contributed by atoms with van der Waals surface area (Å²) < 4.78 is 0. The van der Waals surface area contributed by atoms with Gasteiger partial charge in [0.1, 0.15) is 5.01 Å². The van der Waals surface area contributed by atoms with Crippen LogP contribution in [0.1, 0.15) is 43.7 Å². The zero-order valence-electron chi connectivity index (χ0n) is 13.2. The van der Waals surface area contributed by atoms with E-state index in [1.807, 2.05) is 13.0 Å². The van der Waals surface area contributed by atoms with Crippen LogP contribution in [0.2, 0.25) is 0 Å². The van der Waals surface area contributed by atoms with E-state index in [9.17, 15) is 4.79 Å². The van der Waals surface area contributed by atoms with Gasteiger partial charge in [-0.3, -0.25) is 4.79 Å². The van der Waals surface area contributed by atoms with E-state index in [1.54, 1.807) is 0 Å². The number of rotatable bonds is 8. The van der Waals surface area contributed by atoms with Gasteiger partial charge in [-0.05, 0) is 24.8 Å². The van der Waals surface area contributed by atoms with Crippen LogP contribution in [0, 0.1) is 5.92 Å². The van der Waals surface area contributed by atoms with Crippen LogP contribution in [0.4, 0.5) is 5.13 Å². The van der Waals surface area contributed by atoms with E-state index in [0.29, 0.717) is 5.13 Å². The standard InChI is InChI=1S/C17H23N3OS/c1-3-8-13(2)16(21)18-17-20-19-15(22-17)12-7-11-14-9-5-4-6-10-14/h4-6,9-10,13H,3,7-8,11-12H2,1-2H3,(H,18,20,21)/t13-/m0/s1. The normalized spacial score (nSPS) is 12.1. The van der Waals surface area contributed by atoms with Crippen LogP contribution in [0.3, 0.4) is 0 Å². The molecule has 2 aromatic rings. The third-order valence-corrected chi connectivity index (χ3v) is 4.46. The maximum Gasteiger partial charge on any atom is 0.229 e. The molecule has 0 saturated heterocycles. The molecule has 1 aromatic heterocycles. The fourth-order valence-electron chi connectivity index (χ4n) is 2.29. The Morgan fingerprint density at radius 2 is 2.00 bits per heavy atom. The molecule has 0 fully saturated rings. The molecule has 0 radical (unpaired) electrons. The first-order valence-corrected chi connectivity index (χ1v) is 8.68. The summed E-state index contributed by atoms with van der Waals surface area (Å²) in [4.78, 5) is 11.9. The number of aromatic nitrogens is 2. The number of hydrogen-bond acceptors (Lipinski definition) is 4. The minimum absolute atomic E-state index is 0.0235. The number of carbonyl (C=O) groups excluding carboxylic acids is 1. The molecule has 0 spiro atoms. The van der Waals surface area contributed by atoms with Gasteiger partial charge in [-0.15, -0.1) is 10.2 Å². The lowest BCUT2D eigenvalue weighted by Gasteiger charge is -2.07. The molecular formula is C17H23N3OS. The average Bonchev–Trinajstić information content (AvgIpc) is 2.96. The number of aryl methyl sites for hydroxylation is 2. The summed E-state index contributed by atoms with van der Waals surface area (Å²) in [6, 6.07) is 10.4. The molecule has 118 valence electrons. The molecule has 1 atom stereocenters. The molecule has 0 unspecified atom stereocenters. The Labute approximate surface area is 136 Å². The second kappa shape index (κ2) is 8.63. The Kier molecular flexibility index (Phi) is 6.52. The molecule has 0 aliphatic carbocycles. The van der Waals surface area contributed by atoms with Gasteiger partial charge in [0.15, 0.2) is 0 Å². The number of benzene rings is 1. The molecule has 1 N–H and O–H groups in total. The SMILES string of the molecule is CCC[C@H](C)C(=O)Nc1nnc(CCCc2ccccc2)s1. The molecule has 1 aromatic carbocycles. The molecule has 0 aliphatic heterocycles. The predicted octanol–water partition coefficient (Wildman–Crippen LogP) is 4.09. The van der Waals surface area contributed by atoms with Crippen molar-refractivity contribution in [3.05, 3.63) is 40.9 Å². The first-order chi connectivity index (χ1) is 10.7. The molecule has 0 saturated carbocycles. The lowest BCUT2D eigenvalue weighted by Crippen LogP contribution is -2.20. The van der Waals surface area contributed by atoms with Gasteiger partial charge >= 0.3 is 0 Å². The van der Waals surface area contributed by atoms with Crippen molar-refractivity contribution in [2.45, 2.75) is 46.0 Å². The molecule has 5 heteroatoms. The van der Waals surface area contributed by atoms with Gasteiger partial charge in [0.05, 0.1) is 0 Å². The number of anilines is 1. The van der Waals surface area contributed by atoms with Crippen LogP contribution in [-0.4, -0.2) is 16.1 Å². The zero-order valence-corrected chi connectivity index (χ0v) is 14.0. The molecule has 0 bridgehead atoms. The Morgan fingerprint density at radius 3 is 2.73 bits per heavy atom. The highest BCUT2D eigenvalue weighted by molar-refractivity contribution is 7.15. The highest BCUT2D eigenvalue weighted by Crippen LogP contribution is 2.19. The summed E-state index contributed by atoms with van der Waals surface area (Å²) in [5.74, 6) is 0.0595. The highest BCUT2D eigenvalue weighted by atomic mass is 32.1. The fraction of sp³-hybridized carbons (Fsp3) is 0.471. The second-order valence-electron chi connectivity index (χ2n) is 5.52. The van der Waals surface area contributed by atoms with E-state index in [2.05, 4.69) is 46.7 Å². The van der Waals surface area contributed by atoms with Gasteiger partial charge in [0.25, 0.3) is 0 Å². The molecular weight excluding hydrogens is 294 g/mol. The maximum atomic E-state index is 11.9. The number of hydrogen-bond donors (Lipinski definition) is 1. The first kappa shape index (κ1) is 16.6. The van der Waals surface area contributed by atoms with E-state index in [-0.39, 0.29) is 11.8 Å². The Hall–Kier alpha value is -1.75. The summed E-state index contributed by atoms with van der Waals surface area (Å²) in [6.45, 7) is 4.03. The van der Waals surface area contributed by atoms with Crippen molar-refractivity contribution >= 4 is 22.4 Å². The van der Waals surface area contributed by atoms with E-state index >= 15 is 0 Å². The molecule has 1 amide bonds. The number of amides is 1. The Balaban J connectivity index is 1.78. The molecule has 0 aliphatic rings. The van der Waals surface area contributed by atoms with Crippen molar-refractivity contribution < 1.29 is 4.79 Å². The van der Waals surface area contributed by atoms with Gasteiger partial charge in [-0.2, -0.15) is 0 Å². The van der Waals surface area contributed by atoms with E-state index in [1.165, 1.54) is 16.9 Å². The predicted molar refractivity (Wildman–Crippen MR) is 91.1 cm³/mol. The lowest BCUT2D eigenvalue weighted by molar-refractivity contribution is -0.119. The zero-order chi connectivity index (χ0) is 15.8. The fourth-order valence-corrected chi connectivity index (χ4v) is 3.07. The maximum absolute atomic E-state index is 11.9. The number of carbonyl (C=O) groups is 1. The summed E-state index contributed by atoms with van der Waals surface area (Å²) in [5, 5.41) is 12.7. The average molecular weight is 317 g/mol. The van der Waals surface area contributed by atoms with Gasteiger partial charge in [-0.25, -0.2) is 0 Å². The van der Waals surface area contributed by atoms with Crippen LogP contribution in [0.15, 0.2) is 30.3 Å². The minimum atomic E-state index is 0.0235. The molecule has 22 heavy (non-hydrogen) atoms. The topological polar surface area (TPSA) is 54.9 Å². The van der Waals surface area contributed by atoms with Crippen molar-refractivity contribution in [3.8, 4) is 0 Å². The highest BCUT2D eigenvalue weighted by Gasteiger charge is 2.14. The largest absolute Gasteiger partial charge is 0.300 e. The number of nitrogens with zero attached hydrogens (tertiary/aromatic N) is 2. The van der Waals surface area contributed by atoms with Gasteiger partial charge in [0.2, 0.25) is 11.0 Å². The van der Waals surface area contributed by atoms with Crippen LogP contribution in [0.5, 0.6) is 0 Å². The third-order valence-electron chi connectivity index (χ3n) is 3.57. The Bertz CT molecular complexity index is 583. The molecule has 1 heterocycles. The monoisotopic (exact) mass is 317 g/mol. The Morgan fingerprint density at radius 1 is 1.23 bits per heavy atom. The van der Waals surface area contributed by atoms with Crippen LogP contribution in [0.25, 0.3) is 0 Å². The first-order valence-electron chi connectivity index (χ1n) is 7.86. The van der Waals surface area contributed by atoms with Gasteiger partial charge in [0, 0.05) is 12.3 Å². The van der Waals surface area contributed by atoms with Crippen LogP contribution in [-0.2, 0) is 17.6 Å². The lowest BCUT2D eigenvalue weighted by atomic mass is 10.1. The molecule has 2 rings (SSSR count). The van der Waals surface area contributed by atoms with Crippen molar-refractivity contribution in [2.75, 3.05) is 5.32 Å². The van der Waals surface area contributed by atoms with Crippen molar-refractivity contribution in [2.24, 2.45) is 5.92 Å². The van der Waals surface area contributed by atoms with Crippen LogP contribution >= 0.6 is 11.3 Å². The summed E-state index contributed by atoms with van der Waals surface area (Å²) in [5.41, 5.74) is 1.34. The number of nitrogens with one attached hydrogen (secondary N) is 1. The van der Waals surface area contributed by atoms with Gasteiger partial charge < -0.3 is 5.32 Å². The quantitative estimate of drug-likeness (QED) is 0.798. The third kappa shape index (κ3) is 5.22. The van der Waals surface area contributed by atoms with Crippen LogP contribution < -0.4 is 5.32 Å². The summed E-state index contributed by atoms with van der Waals surface area (Å²) in [6.07, 6.45) is 4.88. The van der Waals surface area contributed by atoms with Crippen molar-refractivity contribution in [3.63, 3.8) is 0 Å². The van der Waals surface area contributed by atoms with Crippen molar-refractivity contribution in [1.29, 1.82) is 0 Å². The summed E-state index contributed by atoms with van der Waals surface area (Å²) in [7, 11) is 0. The molecule has 4 nitrogen and oxygen atoms in total. The van der Waals surface area contributed by atoms with Crippen molar-refractivity contribution in [1.82, 2.24) is 10.2 Å². The van der Waals surface area contributed by atoms with Gasteiger partial charge in [-0.1, -0.05) is 61.9 Å². The smallest absolute Gasteiger partial charge is 0.229 e. The summed E-state index contributed by atoms with van der Waals surface area (Å²) >= 11 is 1.48. The minimum Gasteiger partial charge on any atom is -0.300 e. The van der Waals surface area contributed by atoms with E-state index < -0.39 is 0 Å². The van der Waals surface area contributed by atoms with E-state index in [4.69, 9.17) is 0 Å². The van der Waals surface area contributed by atoms with E-state index in [0.717, 1.165) is 37.1 Å². The second-order valence-corrected chi connectivity index (χ2v) is 6.58.